The van der Waals surface area contributed by atoms with Gasteiger partial charge < -0.3 is 10.1 Å². The van der Waals surface area contributed by atoms with Crippen molar-refractivity contribution < 1.29 is 4.74 Å². The van der Waals surface area contributed by atoms with Gasteiger partial charge in [-0.3, -0.25) is 0 Å². The van der Waals surface area contributed by atoms with Crippen molar-refractivity contribution in [2.75, 3.05) is 6.61 Å². The fourth-order valence-electron chi connectivity index (χ4n) is 1.65. The molecule has 0 saturated heterocycles. The summed E-state index contributed by atoms with van der Waals surface area (Å²) in [6, 6.07) is 10.6. The highest BCUT2D eigenvalue weighted by atomic mass is 16.5. The van der Waals surface area contributed by atoms with Gasteiger partial charge in [0.05, 0.1) is 0 Å². The Hall–Kier alpha value is -1.53. The van der Waals surface area contributed by atoms with Crippen LogP contribution in [0, 0.1) is 17.2 Å². The number of nitriles is 1. The van der Waals surface area contributed by atoms with Crippen LogP contribution >= 0.6 is 0 Å². The molecule has 1 aromatic rings. The van der Waals surface area contributed by atoms with E-state index in [1.165, 1.54) is 5.56 Å². The minimum absolute atomic E-state index is 0.0948. The molecule has 0 spiro atoms. The molecule has 0 radical (unpaired) electrons. The number of benzene rings is 1. The van der Waals surface area contributed by atoms with Crippen molar-refractivity contribution in [2.45, 2.75) is 39.8 Å². The second-order valence-corrected chi connectivity index (χ2v) is 4.94. The zero-order valence-corrected chi connectivity index (χ0v) is 11.6. The monoisotopic (exact) mass is 246 g/mol. The van der Waals surface area contributed by atoms with Crippen LogP contribution in [-0.4, -0.2) is 12.6 Å². The van der Waals surface area contributed by atoms with Gasteiger partial charge in [0.15, 0.2) is 6.61 Å². The fraction of sp³-hybridized carbons (Fsp3) is 0.533. The number of rotatable bonds is 6. The third-order valence-electron chi connectivity index (χ3n) is 3.20. The molecule has 0 aromatic heterocycles. The van der Waals surface area contributed by atoms with Crippen molar-refractivity contribution in [3.63, 3.8) is 0 Å². The summed E-state index contributed by atoms with van der Waals surface area (Å²) in [5.41, 5.74) is 1.23. The van der Waals surface area contributed by atoms with Gasteiger partial charge in [0, 0.05) is 12.1 Å². The first-order valence-corrected chi connectivity index (χ1v) is 6.40. The molecule has 98 valence electrons. The maximum atomic E-state index is 8.44. The molecule has 3 nitrogen and oxygen atoms in total. The highest BCUT2D eigenvalue weighted by Gasteiger charge is 2.12. The van der Waals surface area contributed by atoms with Crippen molar-refractivity contribution in [3.8, 4) is 11.8 Å². The van der Waals surface area contributed by atoms with Crippen LogP contribution in [0.1, 0.15) is 39.3 Å². The number of hydrogen-bond donors (Lipinski definition) is 1. The predicted octanol–water partition coefficient (Wildman–Crippen LogP) is 3.28. The van der Waals surface area contributed by atoms with Crippen LogP contribution in [0.4, 0.5) is 0 Å². The van der Waals surface area contributed by atoms with Crippen LogP contribution in [0.5, 0.6) is 5.75 Å². The summed E-state index contributed by atoms with van der Waals surface area (Å²) in [7, 11) is 0. The SMILES string of the molecule is CC(NC(C)C(C)C)c1ccc(OCC#N)cc1. The summed E-state index contributed by atoms with van der Waals surface area (Å²) in [6.45, 7) is 8.87. The Kier molecular flexibility index (Phi) is 5.67. The summed E-state index contributed by atoms with van der Waals surface area (Å²) < 4.78 is 5.23. The molecule has 1 aromatic carbocycles. The van der Waals surface area contributed by atoms with Crippen molar-refractivity contribution in [1.29, 1.82) is 5.26 Å². The highest BCUT2D eigenvalue weighted by molar-refractivity contribution is 5.29. The lowest BCUT2D eigenvalue weighted by Gasteiger charge is -2.23. The number of nitrogens with zero attached hydrogens (tertiary/aromatic N) is 1. The highest BCUT2D eigenvalue weighted by Crippen LogP contribution is 2.18. The standard InChI is InChI=1S/C15H22N2O/c1-11(2)12(3)17-13(4)14-5-7-15(8-6-14)18-10-9-16/h5-8,11-13,17H,10H2,1-4H3. The van der Waals surface area contributed by atoms with Crippen molar-refractivity contribution >= 4 is 0 Å². The molecule has 0 bridgehead atoms. The lowest BCUT2D eigenvalue weighted by Crippen LogP contribution is -2.32. The minimum Gasteiger partial charge on any atom is -0.479 e. The van der Waals surface area contributed by atoms with Crippen molar-refractivity contribution in [3.05, 3.63) is 29.8 Å². The Labute approximate surface area is 110 Å². The van der Waals surface area contributed by atoms with E-state index < -0.39 is 0 Å². The van der Waals surface area contributed by atoms with E-state index in [1.54, 1.807) is 0 Å². The number of nitrogens with one attached hydrogen (secondary N) is 1. The molecule has 18 heavy (non-hydrogen) atoms. The summed E-state index contributed by atoms with van der Waals surface area (Å²) in [5.74, 6) is 1.36. The molecule has 0 fully saturated rings. The Morgan fingerprint density at radius 2 is 1.78 bits per heavy atom. The van der Waals surface area contributed by atoms with Gasteiger partial charge in [0.25, 0.3) is 0 Å². The first-order chi connectivity index (χ1) is 8.54. The molecule has 0 heterocycles. The molecule has 0 amide bonds. The van der Waals surface area contributed by atoms with Crippen molar-refractivity contribution in [2.24, 2.45) is 5.92 Å². The van der Waals surface area contributed by atoms with Gasteiger partial charge in [0.2, 0.25) is 0 Å². The Morgan fingerprint density at radius 1 is 1.17 bits per heavy atom. The van der Waals surface area contributed by atoms with E-state index in [1.807, 2.05) is 30.3 Å². The lowest BCUT2D eigenvalue weighted by atomic mass is 10.0. The Balaban J connectivity index is 2.59. The van der Waals surface area contributed by atoms with E-state index >= 15 is 0 Å². The molecule has 0 aliphatic rings. The van der Waals surface area contributed by atoms with Gasteiger partial charge in [-0.05, 0) is 37.5 Å². The van der Waals surface area contributed by atoms with Crippen LogP contribution in [0.2, 0.25) is 0 Å². The third-order valence-corrected chi connectivity index (χ3v) is 3.20. The lowest BCUT2D eigenvalue weighted by molar-refractivity contribution is 0.367. The minimum atomic E-state index is 0.0948. The van der Waals surface area contributed by atoms with Crippen LogP contribution in [0.25, 0.3) is 0 Å². The first-order valence-electron chi connectivity index (χ1n) is 6.40. The van der Waals surface area contributed by atoms with E-state index in [0.29, 0.717) is 18.0 Å². The van der Waals surface area contributed by atoms with Gasteiger partial charge in [-0.1, -0.05) is 26.0 Å². The number of hydrogen-bond acceptors (Lipinski definition) is 3. The molecular weight excluding hydrogens is 224 g/mol. The summed E-state index contributed by atoms with van der Waals surface area (Å²) in [5, 5.41) is 12.0. The Morgan fingerprint density at radius 3 is 2.28 bits per heavy atom. The molecule has 0 aliphatic heterocycles. The van der Waals surface area contributed by atoms with E-state index in [0.717, 1.165) is 5.75 Å². The average molecular weight is 246 g/mol. The normalized spacial score (nSPS) is 14.0. The van der Waals surface area contributed by atoms with E-state index in [4.69, 9.17) is 10.00 Å². The molecule has 0 saturated carbocycles. The van der Waals surface area contributed by atoms with Crippen LogP contribution in [-0.2, 0) is 0 Å². The third kappa shape index (κ3) is 4.38. The van der Waals surface area contributed by atoms with Crippen molar-refractivity contribution in [1.82, 2.24) is 5.32 Å². The smallest absolute Gasteiger partial charge is 0.174 e. The topological polar surface area (TPSA) is 45.0 Å². The molecular formula is C15H22N2O. The first kappa shape index (κ1) is 14.5. The summed E-state index contributed by atoms with van der Waals surface area (Å²) in [6.07, 6.45) is 0. The second-order valence-electron chi connectivity index (χ2n) is 4.94. The van der Waals surface area contributed by atoms with E-state index in [-0.39, 0.29) is 6.61 Å². The predicted molar refractivity (Wildman–Crippen MR) is 73.4 cm³/mol. The van der Waals surface area contributed by atoms with Gasteiger partial charge in [0.1, 0.15) is 11.8 Å². The summed E-state index contributed by atoms with van der Waals surface area (Å²) >= 11 is 0. The maximum Gasteiger partial charge on any atom is 0.174 e. The Bertz CT molecular complexity index is 392. The second kappa shape index (κ2) is 7.03. The van der Waals surface area contributed by atoms with Gasteiger partial charge in [-0.25, -0.2) is 0 Å². The molecule has 2 unspecified atom stereocenters. The fourth-order valence-corrected chi connectivity index (χ4v) is 1.65. The van der Waals surface area contributed by atoms with Crippen LogP contribution in [0.3, 0.4) is 0 Å². The zero-order chi connectivity index (χ0) is 13.5. The summed E-state index contributed by atoms with van der Waals surface area (Å²) in [4.78, 5) is 0. The van der Waals surface area contributed by atoms with E-state index in [9.17, 15) is 0 Å². The van der Waals surface area contributed by atoms with Crippen LogP contribution in [0.15, 0.2) is 24.3 Å². The van der Waals surface area contributed by atoms with Gasteiger partial charge >= 0.3 is 0 Å². The number of ether oxygens (including phenoxy) is 1. The molecule has 3 heteroatoms. The molecule has 2 atom stereocenters. The quantitative estimate of drug-likeness (QED) is 0.837. The van der Waals surface area contributed by atoms with Crippen LogP contribution < -0.4 is 10.1 Å². The average Bonchev–Trinajstić information content (AvgIpc) is 2.36. The van der Waals surface area contributed by atoms with E-state index in [2.05, 4.69) is 33.0 Å². The molecule has 1 rings (SSSR count). The molecule has 1 N–H and O–H groups in total. The largest absolute Gasteiger partial charge is 0.479 e. The van der Waals surface area contributed by atoms with Gasteiger partial charge in [-0.2, -0.15) is 5.26 Å². The zero-order valence-electron chi connectivity index (χ0n) is 11.6. The molecule has 0 aliphatic carbocycles. The maximum absolute atomic E-state index is 8.44. The van der Waals surface area contributed by atoms with Gasteiger partial charge in [-0.15, -0.1) is 0 Å².